The third kappa shape index (κ3) is 3.55. The largest absolute Gasteiger partial charge is 0.496 e. The van der Waals surface area contributed by atoms with Crippen molar-refractivity contribution in [3.63, 3.8) is 0 Å². The first kappa shape index (κ1) is 16.8. The number of hydrogen-bond donors (Lipinski definition) is 0. The third-order valence-corrected chi connectivity index (χ3v) is 5.21. The SMILES string of the molecule is COc1ccc(CC(=O)N2CCN(C(=O)C3CCC3)CC2)cc1C. The standard InChI is InChI=1S/C19H26N2O3/c1-14-12-15(6-7-17(14)24-2)13-18(22)20-8-10-21(11-9-20)19(23)16-4-3-5-16/h6-7,12,16H,3-5,8-11,13H2,1-2H3. The summed E-state index contributed by atoms with van der Waals surface area (Å²) in [5.41, 5.74) is 2.05. The summed E-state index contributed by atoms with van der Waals surface area (Å²) in [5, 5.41) is 0. The lowest BCUT2D eigenvalue weighted by Crippen LogP contribution is -2.52. The number of rotatable bonds is 4. The lowest BCUT2D eigenvalue weighted by molar-refractivity contribution is -0.143. The first-order valence-electron chi connectivity index (χ1n) is 8.78. The molecule has 130 valence electrons. The number of methoxy groups -OCH3 is 1. The molecule has 1 aromatic carbocycles. The summed E-state index contributed by atoms with van der Waals surface area (Å²) < 4.78 is 5.26. The minimum atomic E-state index is 0.135. The van der Waals surface area contributed by atoms with Gasteiger partial charge in [0.1, 0.15) is 5.75 Å². The Balaban J connectivity index is 1.51. The molecule has 5 heteroatoms. The molecule has 0 radical (unpaired) electrons. The highest BCUT2D eigenvalue weighted by atomic mass is 16.5. The minimum absolute atomic E-state index is 0.135. The van der Waals surface area contributed by atoms with Crippen LogP contribution in [-0.4, -0.2) is 54.9 Å². The van der Waals surface area contributed by atoms with Crippen LogP contribution in [-0.2, 0) is 16.0 Å². The maximum absolute atomic E-state index is 12.5. The zero-order valence-corrected chi connectivity index (χ0v) is 14.6. The number of hydrogen-bond acceptors (Lipinski definition) is 3. The van der Waals surface area contributed by atoms with Crippen LogP contribution in [0.5, 0.6) is 5.75 Å². The fourth-order valence-corrected chi connectivity index (χ4v) is 3.43. The molecule has 1 aliphatic heterocycles. The van der Waals surface area contributed by atoms with E-state index in [1.54, 1.807) is 7.11 Å². The second kappa shape index (κ2) is 7.24. The van der Waals surface area contributed by atoms with E-state index >= 15 is 0 Å². The number of amides is 2. The number of piperazine rings is 1. The maximum Gasteiger partial charge on any atom is 0.227 e. The van der Waals surface area contributed by atoms with Crippen molar-refractivity contribution in [3.05, 3.63) is 29.3 Å². The smallest absolute Gasteiger partial charge is 0.227 e. The molecule has 1 heterocycles. The van der Waals surface area contributed by atoms with Gasteiger partial charge in [0.2, 0.25) is 11.8 Å². The van der Waals surface area contributed by atoms with Gasteiger partial charge in [-0.3, -0.25) is 9.59 Å². The zero-order chi connectivity index (χ0) is 17.1. The third-order valence-electron chi connectivity index (χ3n) is 5.21. The van der Waals surface area contributed by atoms with Crippen molar-refractivity contribution >= 4 is 11.8 Å². The Morgan fingerprint density at radius 1 is 1.12 bits per heavy atom. The summed E-state index contributed by atoms with van der Waals surface area (Å²) in [4.78, 5) is 28.6. The van der Waals surface area contributed by atoms with E-state index in [2.05, 4.69) is 0 Å². The van der Waals surface area contributed by atoms with Gasteiger partial charge in [-0.25, -0.2) is 0 Å². The number of carbonyl (C=O) groups excluding carboxylic acids is 2. The molecule has 0 bridgehead atoms. The van der Waals surface area contributed by atoms with Crippen molar-refractivity contribution in [1.29, 1.82) is 0 Å². The van der Waals surface area contributed by atoms with Gasteiger partial charge in [0, 0.05) is 32.1 Å². The van der Waals surface area contributed by atoms with Crippen molar-refractivity contribution in [1.82, 2.24) is 9.80 Å². The molecule has 24 heavy (non-hydrogen) atoms. The quantitative estimate of drug-likeness (QED) is 0.849. The van der Waals surface area contributed by atoms with Gasteiger partial charge < -0.3 is 14.5 Å². The van der Waals surface area contributed by atoms with Crippen molar-refractivity contribution in [2.24, 2.45) is 5.92 Å². The number of carbonyl (C=O) groups is 2. The van der Waals surface area contributed by atoms with E-state index in [-0.39, 0.29) is 11.8 Å². The molecule has 3 rings (SSSR count). The van der Waals surface area contributed by atoms with Gasteiger partial charge in [-0.2, -0.15) is 0 Å². The van der Waals surface area contributed by atoms with Crippen LogP contribution in [0, 0.1) is 12.8 Å². The molecule has 1 saturated heterocycles. The number of benzene rings is 1. The molecular formula is C19H26N2O3. The predicted octanol–water partition coefficient (Wildman–Crippen LogP) is 2.02. The van der Waals surface area contributed by atoms with Crippen LogP contribution < -0.4 is 4.74 Å². The topological polar surface area (TPSA) is 49.9 Å². The zero-order valence-electron chi connectivity index (χ0n) is 14.6. The van der Waals surface area contributed by atoms with Crippen LogP contribution in [0.2, 0.25) is 0 Å². The van der Waals surface area contributed by atoms with Gasteiger partial charge >= 0.3 is 0 Å². The highest BCUT2D eigenvalue weighted by Gasteiger charge is 2.31. The van der Waals surface area contributed by atoms with E-state index in [0.717, 1.165) is 29.7 Å². The lowest BCUT2D eigenvalue weighted by Gasteiger charge is -2.38. The van der Waals surface area contributed by atoms with Crippen LogP contribution in [0.1, 0.15) is 30.4 Å². The Hall–Kier alpha value is -2.04. The molecule has 1 aromatic rings. The monoisotopic (exact) mass is 330 g/mol. The highest BCUT2D eigenvalue weighted by molar-refractivity contribution is 5.81. The highest BCUT2D eigenvalue weighted by Crippen LogP contribution is 2.28. The molecule has 0 spiro atoms. The summed E-state index contributed by atoms with van der Waals surface area (Å²) in [6, 6.07) is 5.86. The molecule has 0 N–H and O–H groups in total. The molecule has 2 amide bonds. The Morgan fingerprint density at radius 2 is 1.79 bits per heavy atom. The van der Waals surface area contributed by atoms with Crippen molar-refractivity contribution in [3.8, 4) is 5.75 Å². The van der Waals surface area contributed by atoms with E-state index in [1.807, 2.05) is 34.9 Å². The normalized spacial score (nSPS) is 18.2. The van der Waals surface area contributed by atoms with E-state index in [9.17, 15) is 9.59 Å². The Morgan fingerprint density at radius 3 is 2.33 bits per heavy atom. The van der Waals surface area contributed by atoms with Crippen LogP contribution in [0.25, 0.3) is 0 Å². The summed E-state index contributed by atoms with van der Waals surface area (Å²) >= 11 is 0. The summed E-state index contributed by atoms with van der Waals surface area (Å²) in [6.45, 7) is 4.61. The van der Waals surface area contributed by atoms with E-state index in [4.69, 9.17) is 4.74 Å². The van der Waals surface area contributed by atoms with Gasteiger partial charge in [0.25, 0.3) is 0 Å². The molecule has 0 unspecified atom stereocenters. The van der Waals surface area contributed by atoms with Gasteiger partial charge in [-0.1, -0.05) is 18.6 Å². The summed E-state index contributed by atoms with van der Waals surface area (Å²) in [6.07, 6.45) is 3.65. The van der Waals surface area contributed by atoms with Crippen LogP contribution in [0.3, 0.4) is 0 Å². The van der Waals surface area contributed by atoms with Gasteiger partial charge in [-0.15, -0.1) is 0 Å². The average Bonchev–Trinajstić information content (AvgIpc) is 2.53. The molecule has 1 saturated carbocycles. The fourth-order valence-electron chi connectivity index (χ4n) is 3.43. The first-order valence-corrected chi connectivity index (χ1v) is 8.78. The van der Waals surface area contributed by atoms with E-state index in [1.165, 1.54) is 6.42 Å². The molecule has 1 aliphatic carbocycles. The Kier molecular flexibility index (Phi) is 5.07. The van der Waals surface area contributed by atoms with Gasteiger partial charge in [0.05, 0.1) is 13.5 Å². The van der Waals surface area contributed by atoms with Gasteiger partial charge in [-0.05, 0) is 37.0 Å². The average molecular weight is 330 g/mol. The van der Waals surface area contributed by atoms with Gasteiger partial charge in [0.15, 0.2) is 0 Å². The summed E-state index contributed by atoms with van der Waals surface area (Å²) in [5.74, 6) is 1.51. The minimum Gasteiger partial charge on any atom is -0.496 e. The fraction of sp³-hybridized carbons (Fsp3) is 0.579. The number of aryl methyl sites for hydroxylation is 1. The van der Waals surface area contributed by atoms with E-state index in [0.29, 0.717) is 38.5 Å². The summed E-state index contributed by atoms with van der Waals surface area (Å²) in [7, 11) is 1.65. The van der Waals surface area contributed by atoms with E-state index < -0.39 is 0 Å². The number of ether oxygens (including phenoxy) is 1. The lowest BCUT2D eigenvalue weighted by atomic mass is 9.84. The molecule has 0 atom stereocenters. The molecule has 2 fully saturated rings. The Labute approximate surface area is 143 Å². The first-order chi connectivity index (χ1) is 11.6. The van der Waals surface area contributed by atoms with Crippen molar-refractivity contribution in [2.45, 2.75) is 32.6 Å². The maximum atomic E-state index is 12.5. The molecule has 2 aliphatic rings. The Bertz CT molecular complexity index is 617. The van der Waals surface area contributed by atoms with Crippen LogP contribution in [0.15, 0.2) is 18.2 Å². The van der Waals surface area contributed by atoms with Crippen molar-refractivity contribution < 1.29 is 14.3 Å². The van der Waals surface area contributed by atoms with Crippen LogP contribution >= 0.6 is 0 Å². The van der Waals surface area contributed by atoms with Crippen molar-refractivity contribution in [2.75, 3.05) is 33.3 Å². The molecule has 5 nitrogen and oxygen atoms in total. The molecular weight excluding hydrogens is 304 g/mol. The predicted molar refractivity (Wildman–Crippen MR) is 91.9 cm³/mol. The second-order valence-corrected chi connectivity index (χ2v) is 6.81. The number of nitrogens with zero attached hydrogens (tertiary/aromatic N) is 2. The second-order valence-electron chi connectivity index (χ2n) is 6.81. The van der Waals surface area contributed by atoms with Crippen LogP contribution in [0.4, 0.5) is 0 Å². The molecule has 0 aromatic heterocycles.